The molecule has 0 saturated carbocycles. The van der Waals surface area contributed by atoms with Crippen LogP contribution in [-0.2, 0) is 0 Å². The maximum absolute atomic E-state index is 6.21. The summed E-state index contributed by atoms with van der Waals surface area (Å²) in [6, 6.07) is 4.07. The van der Waals surface area contributed by atoms with E-state index in [0.29, 0.717) is 5.92 Å². The van der Waals surface area contributed by atoms with Crippen molar-refractivity contribution in [3.8, 4) is 5.75 Å². The molecule has 1 aromatic rings. The molecule has 18 heavy (non-hydrogen) atoms. The largest absolute Gasteiger partial charge is 0.491 e. The minimum atomic E-state index is 0. The molecule has 1 aliphatic heterocycles. The van der Waals surface area contributed by atoms with Gasteiger partial charge in [0.05, 0.1) is 11.6 Å². The molecule has 2 rings (SSSR count). The standard InChI is InChI=1S/C14H20ClNO.ClH/c1-10-6-11(2)14(13(15)7-10)17-9-12-4-3-5-16-8-12;/h6-7,12,16H,3-5,8-9H2,1-2H3;1H. The number of aryl methyl sites for hydroxylation is 2. The number of hydrogen-bond acceptors (Lipinski definition) is 2. The quantitative estimate of drug-likeness (QED) is 0.915. The molecular formula is C14H21Cl2NO. The third-order valence-corrected chi connectivity index (χ3v) is 3.52. The maximum atomic E-state index is 6.21. The summed E-state index contributed by atoms with van der Waals surface area (Å²) >= 11 is 6.21. The van der Waals surface area contributed by atoms with Gasteiger partial charge in [-0.3, -0.25) is 0 Å². The van der Waals surface area contributed by atoms with Crippen LogP contribution in [0.2, 0.25) is 5.02 Å². The van der Waals surface area contributed by atoms with E-state index < -0.39 is 0 Å². The Labute approximate surface area is 120 Å². The Morgan fingerprint density at radius 2 is 2.17 bits per heavy atom. The fraction of sp³-hybridized carbons (Fsp3) is 0.571. The lowest BCUT2D eigenvalue weighted by atomic mass is 10.0. The van der Waals surface area contributed by atoms with Crippen LogP contribution in [-0.4, -0.2) is 19.7 Å². The van der Waals surface area contributed by atoms with E-state index in [2.05, 4.69) is 11.4 Å². The lowest BCUT2D eigenvalue weighted by molar-refractivity contribution is 0.217. The van der Waals surface area contributed by atoms with Gasteiger partial charge in [-0.25, -0.2) is 0 Å². The summed E-state index contributed by atoms with van der Waals surface area (Å²) in [5, 5.41) is 4.12. The number of piperidine rings is 1. The Morgan fingerprint density at radius 3 is 2.78 bits per heavy atom. The molecule has 102 valence electrons. The van der Waals surface area contributed by atoms with E-state index in [-0.39, 0.29) is 12.4 Å². The molecular weight excluding hydrogens is 269 g/mol. The van der Waals surface area contributed by atoms with Crippen LogP contribution < -0.4 is 10.1 Å². The van der Waals surface area contributed by atoms with Crippen molar-refractivity contribution in [2.45, 2.75) is 26.7 Å². The number of rotatable bonds is 3. The molecule has 1 unspecified atom stereocenters. The van der Waals surface area contributed by atoms with Crippen molar-refractivity contribution in [3.05, 3.63) is 28.3 Å². The normalized spacial score (nSPS) is 19.2. The Morgan fingerprint density at radius 1 is 1.39 bits per heavy atom. The molecule has 1 atom stereocenters. The van der Waals surface area contributed by atoms with Crippen LogP contribution >= 0.6 is 24.0 Å². The first kappa shape index (κ1) is 15.6. The summed E-state index contributed by atoms with van der Waals surface area (Å²) in [5.74, 6) is 1.46. The van der Waals surface area contributed by atoms with Crippen molar-refractivity contribution in [2.24, 2.45) is 5.92 Å². The highest BCUT2D eigenvalue weighted by Crippen LogP contribution is 2.30. The summed E-state index contributed by atoms with van der Waals surface area (Å²) in [4.78, 5) is 0. The molecule has 4 heteroatoms. The Kier molecular flexibility index (Phi) is 6.27. The predicted molar refractivity (Wildman–Crippen MR) is 79.3 cm³/mol. The third-order valence-electron chi connectivity index (χ3n) is 3.24. The van der Waals surface area contributed by atoms with Gasteiger partial charge in [-0.2, -0.15) is 0 Å². The molecule has 0 spiro atoms. The lowest BCUT2D eigenvalue weighted by Gasteiger charge is -2.23. The molecule has 1 aromatic carbocycles. The summed E-state index contributed by atoms with van der Waals surface area (Å²) in [6.45, 7) is 7.06. The average molecular weight is 290 g/mol. The fourth-order valence-corrected chi connectivity index (χ4v) is 2.73. The number of halogens is 2. The lowest BCUT2D eigenvalue weighted by Crippen LogP contribution is -2.33. The molecule has 2 nitrogen and oxygen atoms in total. The second-order valence-corrected chi connectivity index (χ2v) is 5.32. The number of ether oxygens (including phenoxy) is 1. The number of nitrogens with one attached hydrogen (secondary N) is 1. The number of hydrogen-bond donors (Lipinski definition) is 1. The van der Waals surface area contributed by atoms with Gasteiger partial charge in [0.15, 0.2) is 0 Å². The van der Waals surface area contributed by atoms with Crippen LogP contribution in [0.3, 0.4) is 0 Å². The van der Waals surface area contributed by atoms with Crippen LogP contribution in [0.25, 0.3) is 0 Å². The van der Waals surface area contributed by atoms with E-state index >= 15 is 0 Å². The van der Waals surface area contributed by atoms with Gasteiger partial charge < -0.3 is 10.1 Å². The molecule has 0 aliphatic carbocycles. The van der Waals surface area contributed by atoms with Crippen LogP contribution in [0.5, 0.6) is 5.75 Å². The van der Waals surface area contributed by atoms with Gasteiger partial charge >= 0.3 is 0 Å². The molecule has 0 bridgehead atoms. The zero-order valence-electron chi connectivity index (χ0n) is 11.0. The van der Waals surface area contributed by atoms with Gasteiger partial charge in [-0.05, 0) is 50.4 Å². The van der Waals surface area contributed by atoms with E-state index in [1.54, 1.807) is 0 Å². The highest BCUT2D eigenvalue weighted by molar-refractivity contribution is 6.32. The van der Waals surface area contributed by atoms with E-state index in [1.807, 2.05) is 19.9 Å². The van der Waals surface area contributed by atoms with E-state index in [9.17, 15) is 0 Å². The molecule has 0 radical (unpaired) electrons. The first-order chi connectivity index (χ1) is 8.16. The molecule has 1 fully saturated rings. The molecule has 1 N–H and O–H groups in total. The topological polar surface area (TPSA) is 21.3 Å². The minimum absolute atomic E-state index is 0. The highest BCUT2D eigenvalue weighted by Gasteiger charge is 2.15. The maximum Gasteiger partial charge on any atom is 0.140 e. The predicted octanol–water partition coefficient (Wildman–Crippen LogP) is 3.76. The zero-order chi connectivity index (χ0) is 12.3. The molecule has 0 amide bonds. The minimum Gasteiger partial charge on any atom is -0.491 e. The van der Waals surface area contributed by atoms with Crippen molar-refractivity contribution in [3.63, 3.8) is 0 Å². The summed E-state index contributed by atoms with van der Waals surface area (Å²) < 4.78 is 5.89. The Hall–Kier alpha value is -0.440. The van der Waals surface area contributed by atoms with Crippen molar-refractivity contribution < 1.29 is 4.74 Å². The van der Waals surface area contributed by atoms with Gasteiger partial charge in [-0.1, -0.05) is 17.7 Å². The average Bonchev–Trinajstić information content (AvgIpc) is 2.29. The van der Waals surface area contributed by atoms with E-state index in [4.69, 9.17) is 16.3 Å². The Bertz CT molecular complexity index is 366. The second kappa shape index (κ2) is 7.22. The smallest absolute Gasteiger partial charge is 0.140 e. The van der Waals surface area contributed by atoms with Gasteiger partial charge in [0, 0.05) is 12.5 Å². The van der Waals surface area contributed by atoms with E-state index in [0.717, 1.165) is 36.0 Å². The van der Waals surface area contributed by atoms with Gasteiger partial charge in [-0.15, -0.1) is 12.4 Å². The first-order valence-corrected chi connectivity index (χ1v) is 6.65. The SMILES string of the molecule is Cc1cc(C)c(OCC2CCCNC2)c(Cl)c1.Cl. The van der Waals surface area contributed by atoms with Crippen LogP contribution in [0.15, 0.2) is 12.1 Å². The van der Waals surface area contributed by atoms with Gasteiger partial charge in [0.1, 0.15) is 5.75 Å². The number of benzene rings is 1. The van der Waals surface area contributed by atoms with Crippen molar-refractivity contribution in [2.75, 3.05) is 19.7 Å². The van der Waals surface area contributed by atoms with Crippen molar-refractivity contribution in [1.29, 1.82) is 0 Å². The van der Waals surface area contributed by atoms with Crippen LogP contribution in [0.4, 0.5) is 0 Å². The summed E-state index contributed by atoms with van der Waals surface area (Å²) in [7, 11) is 0. The fourth-order valence-electron chi connectivity index (χ4n) is 2.35. The molecule has 1 aliphatic rings. The second-order valence-electron chi connectivity index (χ2n) is 4.92. The zero-order valence-corrected chi connectivity index (χ0v) is 12.5. The monoisotopic (exact) mass is 289 g/mol. The van der Waals surface area contributed by atoms with E-state index in [1.165, 1.54) is 18.4 Å². The van der Waals surface area contributed by atoms with Crippen molar-refractivity contribution >= 4 is 24.0 Å². The Balaban J connectivity index is 0.00000162. The van der Waals surface area contributed by atoms with Crippen molar-refractivity contribution in [1.82, 2.24) is 5.32 Å². The van der Waals surface area contributed by atoms with Gasteiger partial charge in [0.25, 0.3) is 0 Å². The molecule has 1 saturated heterocycles. The first-order valence-electron chi connectivity index (χ1n) is 6.27. The molecule has 0 aromatic heterocycles. The van der Waals surface area contributed by atoms with Gasteiger partial charge in [0.2, 0.25) is 0 Å². The molecule has 1 heterocycles. The third kappa shape index (κ3) is 4.04. The highest BCUT2D eigenvalue weighted by atomic mass is 35.5. The summed E-state index contributed by atoms with van der Waals surface area (Å²) in [5.41, 5.74) is 2.30. The van der Waals surface area contributed by atoms with Crippen LogP contribution in [0.1, 0.15) is 24.0 Å². The summed E-state index contributed by atoms with van der Waals surface area (Å²) in [6.07, 6.45) is 2.49. The van der Waals surface area contributed by atoms with Crippen LogP contribution in [0, 0.1) is 19.8 Å².